The molecule has 0 spiro atoms. The molecule has 3 N–H and O–H groups in total. The van der Waals surface area contributed by atoms with E-state index in [0.717, 1.165) is 3.57 Å². The number of rotatable bonds is 3. The molecule has 0 unspecified atom stereocenters. The lowest BCUT2D eigenvalue weighted by Crippen LogP contribution is -2.18. The van der Waals surface area contributed by atoms with Crippen molar-refractivity contribution in [2.75, 3.05) is 25.3 Å². The van der Waals surface area contributed by atoms with Gasteiger partial charge in [-0.2, -0.15) is 0 Å². The number of nitrogen functional groups attached to an aromatic ring is 1. The first-order chi connectivity index (χ1) is 11.1. The quantitative estimate of drug-likeness (QED) is 0.707. The van der Waals surface area contributed by atoms with E-state index in [-0.39, 0.29) is 17.1 Å². The van der Waals surface area contributed by atoms with Crippen molar-refractivity contribution in [2.24, 2.45) is 0 Å². The van der Waals surface area contributed by atoms with Crippen molar-refractivity contribution >= 4 is 50.9 Å². The summed E-state index contributed by atoms with van der Waals surface area (Å²) in [6, 6.07) is 0. The number of nitrogens with zero attached hydrogens (tertiary/aromatic N) is 2. The number of amides is 1. The van der Waals surface area contributed by atoms with Crippen LogP contribution in [0.25, 0.3) is 10.9 Å². The van der Waals surface area contributed by atoms with Crippen molar-refractivity contribution in [3.05, 3.63) is 9.39 Å². The van der Waals surface area contributed by atoms with Gasteiger partial charge in [0.1, 0.15) is 17.3 Å². The standard InChI is InChI=1S/C16H21IN4O3/c1-7(22)19-11-8-10(9(17)12(23-5)13(11)24-6)20-15(16(2,3)4)21-14(8)18/h1-6H3,(H,19,22)(H2,18,20,21). The number of hydrogen-bond acceptors (Lipinski definition) is 6. The first-order valence-corrected chi connectivity index (χ1v) is 8.38. The van der Waals surface area contributed by atoms with Crippen molar-refractivity contribution < 1.29 is 14.3 Å². The summed E-state index contributed by atoms with van der Waals surface area (Å²) in [6.45, 7) is 7.44. The molecule has 0 bridgehead atoms. The maximum atomic E-state index is 11.7. The molecule has 0 aliphatic heterocycles. The third-order valence-corrected chi connectivity index (χ3v) is 4.41. The first kappa shape index (κ1) is 18.5. The molecule has 1 aromatic carbocycles. The summed E-state index contributed by atoms with van der Waals surface area (Å²) in [6.07, 6.45) is 0. The Morgan fingerprint density at radius 1 is 1.17 bits per heavy atom. The van der Waals surface area contributed by atoms with Crippen LogP contribution in [0.5, 0.6) is 11.5 Å². The topological polar surface area (TPSA) is 99.4 Å². The fraction of sp³-hybridized carbons (Fsp3) is 0.438. The van der Waals surface area contributed by atoms with Crippen LogP contribution in [0.2, 0.25) is 0 Å². The molecular weight excluding hydrogens is 423 g/mol. The Bertz CT molecular complexity index is 816. The molecule has 0 saturated carbocycles. The van der Waals surface area contributed by atoms with E-state index in [9.17, 15) is 4.79 Å². The molecule has 0 aliphatic carbocycles. The maximum Gasteiger partial charge on any atom is 0.221 e. The fourth-order valence-electron chi connectivity index (χ4n) is 2.33. The summed E-state index contributed by atoms with van der Waals surface area (Å²) < 4.78 is 11.7. The summed E-state index contributed by atoms with van der Waals surface area (Å²) in [5, 5.41) is 3.30. The van der Waals surface area contributed by atoms with Gasteiger partial charge in [0, 0.05) is 12.3 Å². The largest absolute Gasteiger partial charge is 0.492 e. The average Bonchev–Trinajstić information content (AvgIpc) is 2.47. The Morgan fingerprint density at radius 3 is 2.21 bits per heavy atom. The van der Waals surface area contributed by atoms with Crippen LogP contribution < -0.4 is 20.5 Å². The lowest BCUT2D eigenvalue weighted by Gasteiger charge is -2.21. The van der Waals surface area contributed by atoms with Gasteiger partial charge < -0.3 is 20.5 Å². The lowest BCUT2D eigenvalue weighted by molar-refractivity contribution is -0.114. The molecular formula is C16H21IN4O3. The number of carbonyl (C=O) groups excluding carboxylic acids is 1. The molecule has 1 heterocycles. The number of halogens is 1. The van der Waals surface area contributed by atoms with E-state index in [4.69, 9.17) is 15.2 Å². The van der Waals surface area contributed by atoms with Crippen LogP contribution in [-0.4, -0.2) is 30.1 Å². The SMILES string of the molecule is COc1c(OC)c(NC(C)=O)c2c(N)nc(C(C)(C)C)nc2c1I. The summed E-state index contributed by atoms with van der Waals surface area (Å²) in [5.74, 6) is 1.53. The molecule has 130 valence electrons. The highest BCUT2D eigenvalue weighted by atomic mass is 127. The number of fused-ring (bicyclic) bond motifs is 1. The van der Waals surface area contributed by atoms with Crippen LogP contribution in [0.3, 0.4) is 0 Å². The van der Waals surface area contributed by atoms with Gasteiger partial charge in [0.2, 0.25) is 5.91 Å². The Morgan fingerprint density at radius 2 is 1.75 bits per heavy atom. The molecule has 0 aliphatic rings. The average molecular weight is 444 g/mol. The van der Waals surface area contributed by atoms with Gasteiger partial charge in [-0.05, 0) is 22.6 Å². The number of nitrogens with one attached hydrogen (secondary N) is 1. The van der Waals surface area contributed by atoms with Gasteiger partial charge in [-0.25, -0.2) is 9.97 Å². The molecule has 2 rings (SSSR count). The van der Waals surface area contributed by atoms with Gasteiger partial charge in [0.05, 0.1) is 28.7 Å². The fourth-order valence-corrected chi connectivity index (χ4v) is 3.18. The molecule has 24 heavy (non-hydrogen) atoms. The van der Waals surface area contributed by atoms with Crippen LogP contribution in [-0.2, 0) is 10.2 Å². The van der Waals surface area contributed by atoms with Crippen molar-refractivity contribution in [3.63, 3.8) is 0 Å². The Balaban J connectivity index is 3.00. The van der Waals surface area contributed by atoms with Crippen molar-refractivity contribution in [1.29, 1.82) is 0 Å². The zero-order chi connectivity index (χ0) is 18.2. The minimum Gasteiger partial charge on any atom is -0.492 e. The predicted octanol–water partition coefficient (Wildman–Crippen LogP) is 3.09. The number of aromatic nitrogens is 2. The first-order valence-electron chi connectivity index (χ1n) is 7.30. The number of carbonyl (C=O) groups is 1. The van der Waals surface area contributed by atoms with Crippen molar-refractivity contribution in [3.8, 4) is 11.5 Å². The Kier molecular flexibility index (Phi) is 5.07. The number of hydrogen-bond donors (Lipinski definition) is 2. The Hall–Kier alpha value is -1.84. The number of methoxy groups -OCH3 is 2. The van der Waals surface area contributed by atoms with Gasteiger partial charge in [-0.1, -0.05) is 20.8 Å². The van der Waals surface area contributed by atoms with E-state index >= 15 is 0 Å². The van der Waals surface area contributed by atoms with E-state index in [2.05, 4.69) is 37.9 Å². The molecule has 0 fully saturated rings. The van der Waals surface area contributed by atoms with Crippen molar-refractivity contribution in [1.82, 2.24) is 9.97 Å². The highest BCUT2D eigenvalue weighted by Crippen LogP contribution is 2.46. The van der Waals surface area contributed by atoms with Gasteiger partial charge in [0.25, 0.3) is 0 Å². The normalized spacial score (nSPS) is 11.5. The molecule has 1 amide bonds. The number of anilines is 2. The molecule has 7 nitrogen and oxygen atoms in total. The summed E-state index contributed by atoms with van der Waals surface area (Å²) in [5.41, 5.74) is 6.97. The van der Waals surface area contributed by atoms with Gasteiger partial charge in [0.15, 0.2) is 11.5 Å². The van der Waals surface area contributed by atoms with E-state index in [0.29, 0.717) is 33.9 Å². The van der Waals surface area contributed by atoms with Crippen LogP contribution >= 0.6 is 22.6 Å². The second-order valence-electron chi connectivity index (χ2n) is 6.34. The van der Waals surface area contributed by atoms with Crippen LogP contribution in [0, 0.1) is 3.57 Å². The molecule has 1 aromatic heterocycles. The molecule has 0 radical (unpaired) electrons. The highest BCUT2D eigenvalue weighted by Gasteiger charge is 2.27. The lowest BCUT2D eigenvalue weighted by atomic mass is 9.95. The van der Waals surface area contributed by atoms with Crippen LogP contribution in [0.4, 0.5) is 11.5 Å². The second-order valence-corrected chi connectivity index (χ2v) is 7.42. The molecule has 0 saturated heterocycles. The number of ether oxygens (including phenoxy) is 2. The summed E-state index contributed by atoms with van der Waals surface area (Å²) >= 11 is 2.14. The van der Waals surface area contributed by atoms with E-state index in [1.807, 2.05) is 20.8 Å². The third-order valence-electron chi connectivity index (χ3n) is 3.41. The molecule has 8 heteroatoms. The van der Waals surface area contributed by atoms with Crippen LogP contribution in [0.15, 0.2) is 0 Å². The smallest absolute Gasteiger partial charge is 0.221 e. The summed E-state index contributed by atoms with van der Waals surface area (Å²) in [7, 11) is 3.05. The van der Waals surface area contributed by atoms with Gasteiger partial charge in [-0.3, -0.25) is 4.79 Å². The van der Waals surface area contributed by atoms with Crippen LogP contribution in [0.1, 0.15) is 33.5 Å². The van der Waals surface area contributed by atoms with E-state index in [1.54, 1.807) is 7.11 Å². The predicted molar refractivity (Wildman–Crippen MR) is 103 cm³/mol. The number of nitrogens with two attached hydrogens (primary N) is 1. The minimum absolute atomic E-state index is 0.253. The van der Waals surface area contributed by atoms with Crippen molar-refractivity contribution in [2.45, 2.75) is 33.1 Å². The molecule has 0 atom stereocenters. The zero-order valence-electron chi connectivity index (χ0n) is 14.6. The minimum atomic E-state index is -0.271. The van der Waals surface area contributed by atoms with Gasteiger partial charge in [-0.15, -0.1) is 0 Å². The Labute approximate surface area is 154 Å². The maximum absolute atomic E-state index is 11.7. The van der Waals surface area contributed by atoms with E-state index < -0.39 is 0 Å². The summed E-state index contributed by atoms with van der Waals surface area (Å²) in [4.78, 5) is 20.8. The van der Waals surface area contributed by atoms with E-state index in [1.165, 1.54) is 14.0 Å². The van der Waals surface area contributed by atoms with Gasteiger partial charge >= 0.3 is 0 Å². The number of benzene rings is 1. The third kappa shape index (κ3) is 3.19. The monoisotopic (exact) mass is 444 g/mol. The molecule has 2 aromatic rings. The zero-order valence-corrected chi connectivity index (χ0v) is 16.7. The highest BCUT2D eigenvalue weighted by molar-refractivity contribution is 14.1. The second kappa shape index (κ2) is 6.58.